The second kappa shape index (κ2) is 43.0. The van der Waals surface area contributed by atoms with Crippen LogP contribution >= 0.6 is 23.5 Å². The standard InChI is InChI=1S/C34H38N2O4S2.C26H38N2O6.C24H34N2O4.C22H30N2O4.2C2H6/c37-29-25-17-9-11-21-33(25,41-23-13-3-1-4-14-23)31(39)35(29)27-19-7-8-20-28(27)36-30(38)26-18-10-12-22-34(26,32(36)40)42-24-15-5-2-6-16-24;1-3-33-25-15-9-7-11-17(25)21(29)27(23(25)31)19-13-5-6-14-20(19)28-22(30)18-12-8-10-16-26(18,24(28)32)34-4-2;1-13-7-9-15-17(11-13)23(29)25(21(15)27)19-5-3-4-6-20(19)26-22(28)16-10-8-14(2)12-18(16)24(26)30;25-19-13-7-1-2-8-14(13)20(26)23(19)17-11-5-6-12-18(17)24-21(27)15-9-3-4-10-16(15)22(24)28;2*1-2/h1-6,13-16,25-28H,7-12,17-22H2;17-20H,3-16H2,1-2H3;13-20H,3-12H2,1-2H3;13-18H,1-12H2;2*1-2H3. The highest BCUT2D eigenvalue weighted by Crippen LogP contribution is 2.60. The van der Waals surface area contributed by atoms with Crippen molar-refractivity contribution < 1.29 is 86.2 Å². The summed E-state index contributed by atoms with van der Waals surface area (Å²) < 4.78 is 10.5. The Hall–Kier alpha value is -7.82. The molecule has 0 radical (unpaired) electrons. The van der Waals surface area contributed by atoms with E-state index in [-0.39, 0.29) is 178 Å². The molecule has 0 aromatic heterocycles. The predicted molar refractivity (Wildman–Crippen MR) is 519 cm³/mol. The SMILES string of the molecule is CC.CC.CC1CCC2C(=O)N(C3CCCCC3N3C(=O)C4CCC(C)CC4C3=O)C(=O)C2C1.CCOC12CCCCC1C(=O)N(C1CCCCC1N1C(=O)C3CCCCC3(OCC)C1=O)C2=O.O=C1C2CCCCC2(Sc2ccccc2)C(=O)N1C1CCCCC1N1C(=O)C2CCCCC2(Sc2ccccc2)C1=O.O=C1C2CCCCC2C(=O)N1C1CCCCC1N1C(=O)C2CCCCC2C1=O. The maximum Gasteiger partial charge on any atom is 0.262 e. The van der Waals surface area contributed by atoms with Crippen molar-refractivity contribution in [2.24, 2.45) is 82.9 Å². The molecule has 20 aliphatic rings. The zero-order valence-corrected chi connectivity index (χ0v) is 84.8. The first-order valence-electron chi connectivity index (χ1n) is 54.6. The summed E-state index contributed by atoms with van der Waals surface area (Å²) in [7, 11) is 0. The van der Waals surface area contributed by atoms with Gasteiger partial charge >= 0.3 is 0 Å². The summed E-state index contributed by atoms with van der Waals surface area (Å²) in [5, 5.41) is 0. The molecule has 138 heavy (non-hydrogen) atoms. The zero-order valence-electron chi connectivity index (χ0n) is 83.2. The van der Waals surface area contributed by atoms with Gasteiger partial charge in [0.05, 0.1) is 119 Å². The van der Waals surface area contributed by atoms with E-state index in [2.05, 4.69) is 13.8 Å². The van der Waals surface area contributed by atoms with Crippen LogP contribution in [0.25, 0.3) is 0 Å². The molecule has 26 unspecified atom stereocenters. The predicted octanol–water partition coefficient (Wildman–Crippen LogP) is 17.3. The molecule has 26 nitrogen and oxygen atoms in total. The van der Waals surface area contributed by atoms with Gasteiger partial charge in [-0.25, -0.2) is 0 Å². The molecule has 12 aliphatic carbocycles. The van der Waals surface area contributed by atoms with E-state index in [0.717, 1.165) is 202 Å². The number of nitrogens with zero attached hydrogens (tertiary/aromatic N) is 8. The van der Waals surface area contributed by atoms with Gasteiger partial charge < -0.3 is 9.47 Å². The molecule has 20 fully saturated rings. The van der Waals surface area contributed by atoms with Gasteiger partial charge in [-0.2, -0.15) is 0 Å². The normalized spacial score (nSPS) is 38.8. The number of hydrogen-bond acceptors (Lipinski definition) is 20. The van der Waals surface area contributed by atoms with Crippen LogP contribution in [0.15, 0.2) is 70.5 Å². The fourth-order valence-corrected chi connectivity index (χ4v) is 33.1. The third-order valence-electron chi connectivity index (χ3n) is 36.4. The summed E-state index contributed by atoms with van der Waals surface area (Å²) in [6.07, 6.45) is 37.4. The Morgan fingerprint density at radius 1 is 0.246 bits per heavy atom. The van der Waals surface area contributed by atoms with Gasteiger partial charge in [0.1, 0.15) is 9.49 Å². The van der Waals surface area contributed by atoms with Crippen LogP contribution in [0, 0.1) is 82.9 Å². The number of carbonyl (C=O) groups is 16. The molecule has 26 atom stereocenters. The highest BCUT2D eigenvalue weighted by Gasteiger charge is 2.71. The molecule has 0 bridgehead atoms. The van der Waals surface area contributed by atoms with Crippen molar-refractivity contribution in [1.29, 1.82) is 0 Å². The van der Waals surface area contributed by atoms with Crippen LogP contribution in [0.1, 0.15) is 351 Å². The summed E-state index contributed by atoms with van der Waals surface area (Å²) in [4.78, 5) is 232. The van der Waals surface area contributed by atoms with Crippen molar-refractivity contribution in [2.75, 3.05) is 13.2 Å². The van der Waals surface area contributed by atoms with E-state index < -0.39 is 56.7 Å². The van der Waals surface area contributed by atoms with Gasteiger partial charge in [-0.1, -0.05) is 194 Å². The fourth-order valence-electron chi connectivity index (χ4n) is 30.0. The largest absolute Gasteiger partial charge is 0.365 e. The Balaban J connectivity index is 0.000000127. The molecule has 2 aromatic carbocycles. The van der Waals surface area contributed by atoms with Gasteiger partial charge in [0, 0.05) is 23.0 Å². The number of fused-ring (bicyclic) bond motifs is 8. The van der Waals surface area contributed by atoms with Gasteiger partial charge in [0.25, 0.3) is 11.8 Å². The average molecular weight is 1940 g/mol. The van der Waals surface area contributed by atoms with Crippen molar-refractivity contribution in [1.82, 2.24) is 39.2 Å². The van der Waals surface area contributed by atoms with Crippen molar-refractivity contribution in [2.45, 2.75) is 430 Å². The second-order valence-electron chi connectivity index (χ2n) is 43.6. The highest BCUT2D eigenvalue weighted by atomic mass is 32.2. The van der Waals surface area contributed by atoms with Crippen molar-refractivity contribution in [3.8, 4) is 0 Å². The Labute approximate surface area is 824 Å². The van der Waals surface area contributed by atoms with E-state index in [0.29, 0.717) is 128 Å². The summed E-state index contributed by atoms with van der Waals surface area (Å²) in [6, 6.07) is 16.7. The van der Waals surface area contributed by atoms with Crippen LogP contribution in [0.2, 0.25) is 0 Å². The number of amides is 16. The molecular weight excluding hydrogens is 1790 g/mol. The summed E-state index contributed by atoms with van der Waals surface area (Å²) in [6.45, 7) is 16.8. The maximum absolute atomic E-state index is 14.5. The number of likely N-dealkylation sites (tertiary alicyclic amines) is 8. The number of carbonyl (C=O) groups excluding carboxylic acids is 16. The van der Waals surface area contributed by atoms with E-state index in [1.807, 2.05) is 102 Å². The van der Waals surface area contributed by atoms with Gasteiger partial charge in [-0.3, -0.25) is 116 Å². The van der Waals surface area contributed by atoms with Gasteiger partial charge in [0.15, 0.2) is 11.2 Å². The van der Waals surface area contributed by atoms with Crippen LogP contribution < -0.4 is 0 Å². The molecule has 22 rings (SSSR count). The highest BCUT2D eigenvalue weighted by molar-refractivity contribution is 8.01. The third kappa shape index (κ3) is 17.7. The van der Waals surface area contributed by atoms with Crippen LogP contribution in [0.4, 0.5) is 0 Å². The number of imide groups is 8. The smallest absolute Gasteiger partial charge is 0.262 e. The number of thioether (sulfide) groups is 2. The molecule has 8 heterocycles. The Kier molecular flexibility index (Phi) is 31.7. The molecule has 0 N–H and O–H groups in total. The lowest BCUT2D eigenvalue weighted by atomic mass is 9.76. The monoisotopic (exact) mass is 1940 g/mol. The summed E-state index contributed by atoms with van der Waals surface area (Å²) in [5.41, 5.74) is -2.16. The molecule has 8 aliphatic heterocycles. The molecule has 8 saturated heterocycles. The quantitative estimate of drug-likeness (QED) is 0.141. The molecule has 16 amide bonds. The molecular formula is C110H152N8O18S2. The van der Waals surface area contributed by atoms with E-state index in [9.17, 15) is 76.7 Å². The first kappa shape index (κ1) is 102. The lowest BCUT2D eigenvalue weighted by Gasteiger charge is -2.42. The number of hydrogen-bond donors (Lipinski definition) is 0. The van der Waals surface area contributed by atoms with Crippen LogP contribution in [0.3, 0.4) is 0 Å². The zero-order chi connectivity index (χ0) is 97.6. The molecule has 12 saturated carbocycles. The molecule has 0 spiro atoms. The minimum absolute atomic E-state index is 0.0388. The average Bonchev–Trinajstić information content (AvgIpc) is 1.54. The Bertz CT molecular complexity index is 4580. The molecule has 28 heteroatoms. The van der Waals surface area contributed by atoms with Crippen LogP contribution in [0.5, 0.6) is 0 Å². The maximum atomic E-state index is 14.5. The van der Waals surface area contributed by atoms with E-state index in [4.69, 9.17) is 9.47 Å². The summed E-state index contributed by atoms with van der Waals surface area (Å²) >= 11 is 3.10. The van der Waals surface area contributed by atoms with Crippen molar-refractivity contribution in [3.63, 3.8) is 0 Å². The minimum atomic E-state index is -1.08. The van der Waals surface area contributed by atoms with Crippen LogP contribution in [-0.4, -0.2) is 216 Å². The van der Waals surface area contributed by atoms with Gasteiger partial charge in [0.2, 0.25) is 82.7 Å². The topological polar surface area (TPSA) is 317 Å². The van der Waals surface area contributed by atoms with E-state index >= 15 is 0 Å². The molecule has 752 valence electrons. The van der Waals surface area contributed by atoms with E-state index in [1.54, 1.807) is 33.3 Å². The lowest BCUT2D eigenvalue weighted by molar-refractivity contribution is -0.163. The number of benzene rings is 2. The van der Waals surface area contributed by atoms with Gasteiger partial charge in [-0.05, 0) is 230 Å². The van der Waals surface area contributed by atoms with Gasteiger partial charge in [-0.15, -0.1) is 23.5 Å². The number of ether oxygens (including phenoxy) is 2. The Morgan fingerprint density at radius 2 is 0.471 bits per heavy atom. The van der Waals surface area contributed by atoms with E-state index in [1.165, 1.54) is 29.4 Å². The number of rotatable bonds is 16. The Morgan fingerprint density at radius 3 is 0.754 bits per heavy atom. The fraction of sp³-hybridized carbons (Fsp3) is 0.745. The minimum Gasteiger partial charge on any atom is -0.365 e. The van der Waals surface area contributed by atoms with Crippen LogP contribution in [-0.2, 0) is 86.2 Å². The third-order valence-corrected chi connectivity index (χ3v) is 39.5. The summed E-state index contributed by atoms with van der Waals surface area (Å²) in [5.74, 6) is -3.73. The first-order chi connectivity index (χ1) is 66.9. The van der Waals surface area contributed by atoms with Crippen molar-refractivity contribution >= 4 is 118 Å². The first-order valence-corrected chi connectivity index (χ1v) is 56.2. The van der Waals surface area contributed by atoms with Crippen molar-refractivity contribution in [3.05, 3.63) is 60.7 Å². The molecule has 2 aromatic rings. The second-order valence-corrected chi connectivity index (χ2v) is 46.4. The lowest BCUT2D eigenvalue weighted by Crippen LogP contribution is -2.59.